The first-order valence-electron chi connectivity index (χ1n) is 8.95. The summed E-state index contributed by atoms with van der Waals surface area (Å²) in [6, 6.07) is 0.159. The summed E-state index contributed by atoms with van der Waals surface area (Å²) in [7, 11) is 0. The van der Waals surface area contributed by atoms with Crippen LogP contribution in [-0.4, -0.2) is 21.9 Å². The van der Waals surface area contributed by atoms with E-state index in [1.807, 2.05) is 17.3 Å². The number of amides is 1. The minimum Gasteiger partial charge on any atom is -0.278 e. The second kappa shape index (κ2) is 8.99. The number of carbonyl (C=O) groups is 1. The Morgan fingerprint density at radius 1 is 1.13 bits per heavy atom. The maximum Gasteiger partial charge on any atom is 0.232 e. The van der Waals surface area contributed by atoms with Gasteiger partial charge in [-0.2, -0.15) is 0 Å². The molecule has 0 fully saturated rings. The Balaban J connectivity index is 3.01. The van der Waals surface area contributed by atoms with Crippen LogP contribution in [0.15, 0.2) is 12.4 Å². The van der Waals surface area contributed by atoms with Gasteiger partial charge < -0.3 is 0 Å². The van der Waals surface area contributed by atoms with E-state index in [-0.39, 0.29) is 17.4 Å². The lowest BCUT2D eigenvalue weighted by atomic mass is 9.91. The number of aromatic nitrogens is 2. The zero-order valence-corrected chi connectivity index (χ0v) is 15.7. The summed E-state index contributed by atoms with van der Waals surface area (Å²) in [6.07, 6.45) is 9.37. The maximum absolute atomic E-state index is 12.8. The van der Waals surface area contributed by atoms with Crippen LogP contribution >= 0.6 is 0 Å². The molecule has 4 nitrogen and oxygen atoms in total. The monoisotopic (exact) mass is 319 g/mol. The molecular weight excluding hydrogens is 286 g/mol. The Morgan fingerprint density at radius 3 is 2.13 bits per heavy atom. The van der Waals surface area contributed by atoms with Gasteiger partial charge in [0.2, 0.25) is 11.9 Å². The molecule has 0 saturated carbocycles. The fourth-order valence-electron chi connectivity index (χ4n) is 2.65. The maximum atomic E-state index is 12.8. The van der Waals surface area contributed by atoms with Gasteiger partial charge in [0.1, 0.15) is 0 Å². The third-order valence-electron chi connectivity index (χ3n) is 3.98. The smallest absolute Gasteiger partial charge is 0.232 e. The van der Waals surface area contributed by atoms with Gasteiger partial charge in [0.25, 0.3) is 0 Å². The highest BCUT2D eigenvalue weighted by atomic mass is 16.2. The number of hydrogen-bond donors (Lipinski definition) is 0. The van der Waals surface area contributed by atoms with Crippen molar-refractivity contribution in [2.24, 2.45) is 5.41 Å². The average Bonchev–Trinajstić information content (AvgIpc) is 2.49. The number of rotatable bonds is 8. The molecule has 0 spiro atoms. The van der Waals surface area contributed by atoms with Crippen molar-refractivity contribution >= 4 is 11.9 Å². The molecule has 1 aromatic rings. The van der Waals surface area contributed by atoms with Crippen LogP contribution in [0.25, 0.3) is 0 Å². The summed E-state index contributed by atoms with van der Waals surface area (Å²) in [4.78, 5) is 23.6. The van der Waals surface area contributed by atoms with E-state index in [4.69, 9.17) is 0 Å². The van der Waals surface area contributed by atoms with Crippen LogP contribution in [0.4, 0.5) is 5.95 Å². The highest BCUT2D eigenvalue weighted by Gasteiger charge is 2.28. The lowest BCUT2D eigenvalue weighted by Gasteiger charge is -2.31. The van der Waals surface area contributed by atoms with Crippen LogP contribution in [0.3, 0.4) is 0 Å². The number of carbonyl (C=O) groups excluding carboxylic acids is 1. The van der Waals surface area contributed by atoms with Crippen molar-refractivity contribution in [2.75, 3.05) is 4.90 Å². The molecule has 0 unspecified atom stereocenters. The molecule has 130 valence electrons. The Bertz CT molecular complexity index is 472. The van der Waals surface area contributed by atoms with Crippen LogP contribution in [0.5, 0.6) is 0 Å². The van der Waals surface area contributed by atoms with Gasteiger partial charge in [-0.15, -0.1) is 0 Å². The van der Waals surface area contributed by atoms with E-state index in [0.717, 1.165) is 37.7 Å². The molecule has 0 aliphatic rings. The molecule has 4 heteroatoms. The van der Waals surface area contributed by atoms with E-state index < -0.39 is 0 Å². The summed E-state index contributed by atoms with van der Waals surface area (Å²) in [5.74, 6) is 0.667. The standard InChI is InChI=1S/C19H33N3O/c1-7-10-11-15-13-20-18(21-14-15)22(16(8-2)9-3)17(23)12-19(4,5)6/h13-14,16H,7-12H2,1-6H3. The SMILES string of the molecule is CCCCc1cnc(N(C(=O)CC(C)(C)C)C(CC)CC)nc1. The van der Waals surface area contributed by atoms with Gasteiger partial charge >= 0.3 is 0 Å². The number of nitrogens with zero attached hydrogens (tertiary/aromatic N) is 3. The van der Waals surface area contributed by atoms with Gasteiger partial charge in [0.05, 0.1) is 0 Å². The number of anilines is 1. The van der Waals surface area contributed by atoms with Gasteiger partial charge in [-0.25, -0.2) is 9.97 Å². The van der Waals surface area contributed by atoms with Crippen LogP contribution < -0.4 is 4.90 Å². The van der Waals surface area contributed by atoms with E-state index >= 15 is 0 Å². The second-order valence-corrected chi connectivity index (χ2v) is 7.47. The van der Waals surface area contributed by atoms with Gasteiger partial charge in [-0.05, 0) is 36.7 Å². The molecule has 23 heavy (non-hydrogen) atoms. The number of unbranched alkanes of at least 4 members (excludes halogenated alkanes) is 1. The van der Waals surface area contributed by atoms with Gasteiger partial charge in [0, 0.05) is 24.9 Å². The lowest BCUT2D eigenvalue weighted by Crippen LogP contribution is -2.42. The first kappa shape index (κ1) is 19.6. The molecule has 0 aliphatic carbocycles. The third kappa shape index (κ3) is 6.28. The van der Waals surface area contributed by atoms with Crippen LogP contribution in [0.1, 0.15) is 79.2 Å². The van der Waals surface area contributed by atoms with Crippen molar-refractivity contribution in [1.29, 1.82) is 0 Å². The largest absolute Gasteiger partial charge is 0.278 e. The molecule has 0 saturated heterocycles. The van der Waals surface area contributed by atoms with Crippen LogP contribution in [0, 0.1) is 5.41 Å². The lowest BCUT2D eigenvalue weighted by molar-refractivity contribution is -0.120. The van der Waals surface area contributed by atoms with Crippen molar-refractivity contribution in [3.05, 3.63) is 18.0 Å². The molecule has 1 amide bonds. The highest BCUT2D eigenvalue weighted by molar-refractivity contribution is 5.92. The molecule has 1 heterocycles. The Kier molecular flexibility index (Phi) is 7.66. The average molecular weight is 319 g/mol. The minimum atomic E-state index is -0.0393. The zero-order chi connectivity index (χ0) is 17.5. The molecule has 0 atom stereocenters. The van der Waals surface area contributed by atoms with Crippen molar-refractivity contribution in [2.45, 2.75) is 86.1 Å². The van der Waals surface area contributed by atoms with E-state index in [9.17, 15) is 4.79 Å². The molecular formula is C19H33N3O. The van der Waals surface area contributed by atoms with Gasteiger partial charge in [0.15, 0.2) is 0 Å². The Labute approximate surface area is 141 Å². The fourth-order valence-corrected chi connectivity index (χ4v) is 2.65. The Hall–Kier alpha value is -1.45. The van der Waals surface area contributed by atoms with Crippen molar-refractivity contribution in [3.8, 4) is 0 Å². The topological polar surface area (TPSA) is 46.1 Å². The highest BCUT2D eigenvalue weighted by Crippen LogP contribution is 2.24. The molecule has 1 rings (SSSR count). The first-order chi connectivity index (χ1) is 10.8. The summed E-state index contributed by atoms with van der Waals surface area (Å²) < 4.78 is 0. The molecule has 0 radical (unpaired) electrons. The van der Waals surface area contributed by atoms with Crippen molar-refractivity contribution in [3.63, 3.8) is 0 Å². The van der Waals surface area contributed by atoms with E-state index in [2.05, 4.69) is 51.5 Å². The quantitative estimate of drug-likeness (QED) is 0.693. The van der Waals surface area contributed by atoms with E-state index in [0.29, 0.717) is 12.4 Å². The van der Waals surface area contributed by atoms with Gasteiger partial charge in [-0.3, -0.25) is 9.69 Å². The predicted molar refractivity (Wildman–Crippen MR) is 96.6 cm³/mol. The first-order valence-corrected chi connectivity index (χ1v) is 8.95. The second-order valence-electron chi connectivity index (χ2n) is 7.47. The summed E-state index contributed by atoms with van der Waals surface area (Å²) in [6.45, 7) is 12.7. The molecule has 0 aromatic carbocycles. The summed E-state index contributed by atoms with van der Waals surface area (Å²) in [5.41, 5.74) is 1.10. The van der Waals surface area contributed by atoms with Crippen molar-refractivity contribution in [1.82, 2.24) is 9.97 Å². The molecule has 0 bridgehead atoms. The summed E-state index contributed by atoms with van der Waals surface area (Å²) in [5, 5.41) is 0. The normalized spacial score (nSPS) is 11.8. The Morgan fingerprint density at radius 2 is 1.70 bits per heavy atom. The zero-order valence-electron chi connectivity index (χ0n) is 15.7. The molecule has 0 N–H and O–H groups in total. The van der Waals surface area contributed by atoms with Crippen LogP contribution in [-0.2, 0) is 11.2 Å². The number of hydrogen-bond acceptors (Lipinski definition) is 3. The van der Waals surface area contributed by atoms with E-state index in [1.54, 1.807) is 0 Å². The van der Waals surface area contributed by atoms with Crippen molar-refractivity contribution < 1.29 is 4.79 Å². The summed E-state index contributed by atoms with van der Waals surface area (Å²) >= 11 is 0. The molecule has 0 aliphatic heterocycles. The van der Waals surface area contributed by atoms with E-state index in [1.165, 1.54) is 0 Å². The fraction of sp³-hybridized carbons (Fsp3) is 0.737. The number of aryl methyl sites for hydroxylation is 1. The predicted octanol–water partition coefficient (Wildman–Crippen LogP) is 4.78. The molecule has 1 aromatic heterocycles. The third-order valence-corrected chi connectivity index (χ3v) is 3.98. The minimum absolute atomic E-state index is 0.0393. The van der Waals surface area contributed by atoms with Gasteiger partial charge in [-0.1, -0.05) is 48.0 Å². The van der Waals surface area contributed by atoms with Crippen LogP contribution in [0.2, 0.25) is 0 Å².